The molecule has 0 aliphatic rings. The van der Waals surface area contributed by atoms with Gasteiger partial charge in [-0.05, 0) is 6.92 Å². The summed E-state index contributed by atoms with van der Waals surface area (Å²) < 4.78 is 23.8. The summed E-state index contributed by atoms with van der Waals surface area (Å²) in [6, 6.07) is 0. The Hall–Kier alpha value is -0.750. The van der Waals surface area contributed by atoms with Crippen LogP contribution >= 0.6 is 7.91 Å². The highest BCUT2D eigenvalue weighted by Crippen LogP contribution is 2.20. The number of carboxylic acid groups (broad SMARTS) is 1. The highest BCUT2D eigenvalue weighted by molar-refractivity contribution is 7.24. The van der Waals surface area contributed by atoms with Gasteiger partial charge >= 0.3 is 13.9 Å². The lowest BCUT2D eigenvalue weighted by Crippen LogP contribution is -2.56. The van der Waals surface area contributed by atoms with Crippen molar-refractivity contribution in [1.82, 2.24) is 0 Å². The van der Waals surface area contributed by atoms with Crippen LogP contribution in [0.3, 0.4) is 0 Å². The molecular weight excluding hydrogens is 189 g/mol. The molecule has 0 saturated heterocycles. The van der Waals surface area contributed by atoms with Gasteiger partial charge in [0.25, 0.3) is 5.72 Å². The third kappa shape index (κ3) is 2.38. The van der Waals surface area contributed by atoms with Crippen molar-refractivity contribution in [3.63, 3.8) is 0 Å². The fourth-order valence-electron chi connectivity index (χ4n) is 0.417. The molecule has 0 rings (SSSR count). The number of hydrogen-bond acceptors (Lipinski definition) is 6. The normalized spacial score (nSPS) is 17.9. The molecule has 8 heteroatoms. The molecule has 0 aliphatic carbocycles. The van der Waals surface area contributed by atoms with Crippen LogP contribution in [0, 0.1) is 0 Å². The van der Waals surface area contributed by atoms with Crippen molar-refractivity contribution in [3.05, 3.63) is 0 Å². The topological polar surface area (TPSA) is 127 Å². The van der Waals surface area contributed by atoms with Crippen molar-refractivity contribution in [1.29, 1.82) is 0 Å². The van der Waals surface area contributed by atoms with E-state index in [0.717, 1.165) is 6.92 Å². The number of aliphatic hydroxyl groups is 1. The number of aliphatic carboxylic acids is 1. The summed E-state index contributed by atoms with van der Waals surface area (Å²) in [5.41, 5.74) is 2.33. The minimum absolute atomic E-state index is 1.01. The number of carbonyl (C=O) groups is 1. The molecule has 0 amide bonds. The number of nitrogens with two attached hydrogens (primary N) is 1. The molecule has 0 aliphatic heterocycles. The zero-order chi connectivity index (χ0) is 9.94. The van der Waals surface area contributed by atoms with Gasteiger partial charge < -0.3 is 10.2 Å². The summed E-state index contributed by atoms with van der Waals surface area (Å²) in [6.45, 7) is 1.01. The van der Waals surface area contributed by atoms with Crippen LogP contribution in [0.5, 0.6) is 0 Å². The number of carboxylic acids is 1. The van der Waals surface area contributed by atoms with E-state index >= 15 is 0 Å². The Labute approximate surface area is 68.0 Å². The van der Waals surface area contributed by atoms with E-state index in [1.165, 1.54) is 0 Å². The van der Waals surface area contributed by atoms with Crippen LogP contribution in [0.15, 0.2) is 0 Å². The summed E-state index contributed by atoms with van der Waals surface area (Å²) in [5.74, 6) is -1.75. The molecule has 0 unspecified atom stereocenters. The summed E-state index contributed by atoms with van der Waals surface area (Å²) in [5, 5.41) is 17.2. The maximum absolute atomic E-state index is 10.3. The van der Waals surface area contributed by atoms with E-state index in [0.29, 0.717) is 0 Å². The van der Waals surface area contributed by atoms with Gasteiger partial charge in [0.05, 0.1) is 0 Å². The Morgan fingerprint density at radius 1 is 1.67 bits per heavy atom. The van der Waals surface area contributed by atoms with Crippen LogP contribution in [0.4, 0.5) is 0 Å². The molecule has 4 N–H and O–H groups in total. The van der Waals surface area contributed by atoms with E-state index in [9.17, 15) is 13.9 Å². The van der Waals surface area contributed by atoms with Crippen molar-refractivity contribution in [2.75, 3.05) is 0 Å². The van der Waals surface area contributed by atoms with E-state index < -0.39 is 25.7 Å². The molecular formula is C4H8NO6P. The van der Waals surface area contributed by atoms with Gasteiger partial charge in [0.15, 0.2) is 0 Å². The van der Waals surface area contributed by atoms with E-state index in [-0.39, 0.29) is 0 Å². The average molecular weight is 197 g/mol. The fraction of sp³-hybridized carbons (Fsp3) is 0.750. The van der Waals surface area contributed by atoms with Crippen LogP contribution < -0.4 is 5.73 Å². The first kappa shape index (κ1) is 11.2. The summed E-state index contributed by atoms with van der Waals surface area (Å²) in [4.78, 5) is 10.3. The molecule has 70 valence electrons. The second-order valence-electron chi connectivity index (χ2n) is 2.09. The Morgan fingerprint density at radius 2 is 2.08 bits per heavy atom. The van der Waals surface area contributed by atoms with Crippen LogP contribution in [-0.4, -0.2) is 28.0 Å². The predicted octanol–water partition coefficient (Wildman–Crippen LogP) is -0.789. The first-order valence-electron chi connectivity index (χ1n) is 2.84. The standard InChI is InChI=1S/C4H8NO6P/c1-2(6)4(5,3(7)8)11-12(9)10/h2,6H,5H2,1H3,(H,7,8)/t2-,4-/m1/s1. The SMILES string of the molecule is C[C@@H](O)[C@@](N)(OP(=O)=O)C(=O)O. The fourth-order valence-corrected chi connectivity index (χ4v) is 0.895. The Morgan fingerprint density at radius 3 is 2.17 bits per heavy atom. The van der Waals surface area contributed by atoms with Gasteiger partial charge in [0.2, 0.25) is 0 Å². The molecule has 2 atom stereocenters. The number of rotatable bonds is 4. The lowest BCUT2D eigenvalue weighted by Gasteiger charge is -2.23. The number of hydrogen-bond donors (Lipinski definition) is 3. The van der Waals surface area contributed by atoms with Gasteiger partial charge in [-0.2, -0.15) is 0 Å². The van der Waals surface area contributed by atoms with Crippen LogP contribution in [0.2, 0.25) is 0 Å². The number of aliphatic hydroxyl groups excluding tert-OH is 1. The van der Waals surface area contributed by atoms with E-state index in [4.69, 9.17) is 15.9 Å². The third-order valence-electron chi connectivity index (χ3n) is 1.18. The van der Waals surface area contributed by atoms with E-state index in [1.807, 2.05) is 0 Å². The quantitative estimate of drug-likeness (QED) is 0.398. The molecule has 0 fully saturated rings. The molecule has 0 radical (unpaired) electrons. The zero-order valence-corrected chi connectivity index (χ0v) is 7.02. The highest BCUT2D eigenvalue weighted by atomic mass is 31.1. The van der Waals surface area contributed by atoms with Crippen molar-refractivity contribution >= 4 is 13.9 Å². The van der Waals surface area contributed by atoms with Crippen LogP contribution in [-0.2, 0) is 18.4 Å². The van der Waals surface area contributed by atoms with Gasteiger partial charge in [-0.3, -0.25) is 5.73 Å². The Kier molecular flexibility index (Phi) is 3.54. The van der Waals surface area contributed by atoms with Crippen molar-refractivity contribution < 1.29 is 28.7 Å². The van der Waals surface area contributed by atoms with E-state index in [2.05, 4.69) is 4.52 Å². The monoisotopic (exact) mass is 197 g/mol. The predicted molar refractivity (Wildman–Crippen MR) is 35.6 cm³/mol. The summed E-state index contributed by atoms with van der Waals surface area (Å²) in [7, 11) is -3.42. The molecule has 0 aromatic heterocycles. The molecule has 0 aromatic rings. The highest BCUT2D eigenvalue weighted by Gasteiger charge is 2.42. The first-order chi connectivity index (χ1) is 5.30. The summed E-state index contributed by atoms with van der Waals surface area (Å²) >= 11 is 0. The Bertz CT molecular complexity index is 240. The zero-order valence-electron chi connectivity index (χ0n) is 6.13. The minimum Gasteiger partial charge on any atom is -0.478 e. The van der Waals surface area contributed by atoms with Crippen LogP contribution in [0.1, 0.15) is 6.92 Å². The second-order valence-corrected chi connectivity index (χ2v) is 2.72. The van der Waals surface area contributed by atoms with Crippen molar-refractivity contribution in [3.8, 4) is 0 Å². The molecule has 7 nitrogen and oxygen atoms in total. The maximum Gasteiger partial charge on any atom is 0.470 e. The van der Waals surface area contributed by atoms with Crippen LogP contribution in [0.25, 0.3) is 0 Å². The average Bonchev–Trinajstić information content (AvgIpc) is 1.84. The first-order valence-corrected chi connectivity index (χ1v) is 3.94. The smallest absolute Gasteiger partial charge is 0.470 e. The molecule has 0 aromatic carbocycles. The Balaban J connectivity index is 4.74. The van der Waals surface area contributed by atoms with E-state index in [1.54, 1.807) is 0 Å². The van der Waals surface area contributed by atoms with Crippen molar-refractivity contribution in [2.24, 2.45) is 5.73 Å². The molecule has 0 heterocycles. The van der Waals surface area contributed by atoms with Gasteiger partial charge in [0.1, 0.15) is 6.10 Å². The summed E-state index contributed by atoms with van der Waals surface area (Å²) in [6.07, 6.45) is -1.64. The van der Waals surface area contributed by atoms with Gasteiger partial charge in [0, 0.05) is 0 Å². The minimum atomic E-state index is -3.42. The molecule has 0 bridgehead atoms. The maximum atomic E-state index is 10.3. The largest absolute Gasteiger partial charge is 0.478 e. The van der Waals surface area contributed by atoms with Gasteiger partial charge in [-0.15, -0.1) is 0 Å². The lowest BCUT2D eigenvalue weighted by atomic mass is 10.1. The van der Waals surface area contributed by atoms with Gasteiger partial charge in [-0.25, -0.2) is 18.4 Å². The molecule has 12 heavy (non-hydrogen) atoms. The van der Waals surface area contributed by atoms with Gasteiger partial charge in [-0.1, -0.05) is 0 Å². The lowest BCUT2D eigenvalue weighted by molar-refractivity contribution is -0.164. The van der Waals surface area contributed by atoms with Crippen molar-refractivity contribution in [2.45, 2.75) is 18.8 Å². The molecule has 0 spiro atoms. The second kappa shape index (κ2) is 3.77. The molecule has 0 saturated carbocycles. The third-order valence-corrected chi connectivity index (χ3v) is 1.63.